The number of nitrogens with zero attached hydrogens (tertiary/aromatic N) is 2. The zero-order valence-corrected chi connectivity index (χ0v) is 12.8. The third-order valence-electron chi connectivity index (χ3n) is 3.10. The van der Waals surface area contributed by atoms with Crippen molar-refractivity contribution in [2.75, 3.05) is 21.2 Å². The van der Waals surface area contributed by atoms with Crippen molar-refractivity contribution in [2.45, 2.75) is 31.7 Å². The minimum Gasteiger partial charge on any atom is -0.467 e. The van der Waals surface area contributed by atoms with Crippen LogP contribution in [0.5, 0.6) is 0 Å². The Kier molecular flexibility index (Phi) is 6.22. The van der Waals surface area contributed by atoms with Crippen LogP contribution < -0.4 is 0 Å². The molecule has 0 N–H and O–H groups in total. The number of benzene rings is 1. The fraction of sp³-hybridized carbons (Fsp3) is 0.500. The van der Waals surface area contributed by atoms with Gasteiger partial charge in [-0.25, -0.2) is 4.79 Å². The highest BCUT2D eigenvalue weighted by Gasteiger charge is 2.38. The number of carbonyl (C=O) groups is 1. The molecular weight excluding hydrogens is 252 g/mol. The summed E-state index contributed by atoms with van der Waals surface area (Å²) in [6.07, 6.45) is 3.78. The molecule has 1 atom stereocenters. The van der Waals surface area contributed by atoms with Crippen LogP contribution in [0.2, 0.25) is 0 Å². The lowest BCUT2D eigenvalue weighted by Gasteiger charge is -2.27. The normalized spacial score (nSPS) is 14.0. The van der Waals surface area contributed by atoms with Gasteiger partial charge in [0.2, 0.25) is 0 Å². The highest BCUT2D eigenvalue weighted by Crippen LogP contribution is 2.25. The molecule has 0 aromatic heterocycles. The molecule has 0 aliphatic rings. The lowest BCUT2D eigenvalue weighted by Crippen LogP contribution is -2.41. The van der Waals surface area contributed by atoms with Gasteiger partial charge >= 0.3 is 5.97 Å². The quantitative estimate of drug-likeness (QED) is 0.436. The molecule has 1 unspecified atom stereocenters. The summed E-state index contributed by atoms with van der Waals surface area (Å²) in [5.74, 6) is -0.277. The maximum atomic E-state index is 12.3. The number of methoxy groups -OCH3 is 1. The average Bonchev–Trinajstić information content (AvgIpc) is 2.45. The van der Waals surface area contributed by atoms with Gasteiger partial charge in [-0.1, -0.05) is 43.7 Å². The Hall–Kier alpha value is -1.84. The van der Waals surface area contributed by atoms with Crippen molar-refractivity contribution >= 4 is 12.3 Å². The molecule has 0 aliphatic heterocycles. The number of esters is 1. The lowest BCUT2D eigenvalue weighted by molar-refractivity contribution is -0.147. The first kappa shape index (κ1) is 16.2. The van der Waals surface area contributed by atoms with Crippen LogP contribution in [0.15, 0.2) is 35.3 Å². The number of ether oxygens (including phenoxy) is 1. The summed E-state index contributed by atoms with van der Waals surface area (Å²) in [5, 5.41) is 0. The minimum absolute atomic E-state index is 0.277. The molecule has 0 bridgehead atoms. The molecule has 1 rings (SSSR count). The number of aliphatic imine (C=N–C) groups is 1. The Morgan fingerprint density at radius 1 is 1.35 bits per heavy atom. The van der Waals surface area contributed by atoms with E-state index in [0.29, 0.717) is 12.8 Å². The van der Waals surface area contributed by atoms with Gasteiger partial charge in [0.25, 0.3) is 0 Å². The summed E-state index contributed by atoms with van der Waals surface area (Å²) in [7, 11) is 5.20. The highest BCUT2D eigenvalue weighted by atomic mass is 16.5. The van der Waals surface area contributed by atoms with Crippen LogP contribution in [0, 0.1) is 0 Å². The van der Waals surface area contributed by atoms with Crippen LogP contribution in [0.25, 0.3) is 0 Å². The SMILES string of the molecule is CCCC(Cc1ccccc1)(N=CN(C)C)C(=O)OC. The van der Waals surface area contributed by atoms with Gasteiger partial charge in [0.1, 0.15) is 0 Å². The van der Waals surface area contributed by atoms with E-state index in [0.717, 1.165) is 12.0 Å². The first-order chi connectivity index (χ1) is 9.54. The van der Waals surface area contributed by atoms with Crippen LogP contribution in [0.3, 0.4) is 0 Å². The van der Waals surface area contributed by atoms with E-state index < -0.39 is 5.54 Å². The van der Waals surface area contributed by atoms with Crippen LogP contribution in [-0.4, -0.2) is 44.0 Å². The largest absolute Gasteiger partial charge is 0.467 e. The van der Waals surface area contributed by atoms with Crippen molar-refractivity contribution in [1.29, 1.82) is 0 Å². The second kappa shape index (κ2) is 7.68. The number of hydrogen-bond donors (Lipinski definition) is 0. The molecule has 0 fully saturated rings. The van der Waals surface area contributed by atoms with Gasteiger partial charge < -0.3 is 9.64 Å². The van der Waals surface area contributed by atoms with Crippen LogP contribution >= 0.6 is 0 Å². The molecule has 0 amide bonds. The minimum atomic E-state index is -0.838. The van der Waals surface area contributed by atoms with Gasteiger partial charge in [0.05, 0.1) is 13.4 Å². The van der Waals surface area contributed by atoms with E-state index in [9.17, 15) is 4.79 Å². The Morgan fingerprint density at radius 3 is 2.50 bits per heavy atom. The highest BCUT2D eigenvalue weighted by molar-refractivity contribution is 5.83. The zero-order valence-electron chi connectivity index (χ0n) is 12.8. The van der Waals surface area contributed by atoms with E-state index in [2.05, 4.69) is 4.99 Å². The molecule has 20 heavy (non-hydrogen) atoms. The number of rotatable bonds is 7. The Bertz CT molecular complexity index is 443. The third kappa shape index (κ3) is 4.37. The van der Waals surface area contributed by atoms with Crippen LogP contribution in [-0.2, 0) is 16.0 Å². The van der Waals surface area contributed by atoms with Crippen molar-refractivity contribution in [3.63, 3.8) is 0 Å². The van der Waals surface area contributed by atoms with Gasteiger partial charge in [-0.2, -0.15) is 0 Å². The third-order valence-corrected chi connectivity index (χ3v) is 3.10. The predicted molar refractivity (Wildman–Crippen MR) is 82.0 cm³/mol. The molecule has 1 aromatic carbocycles. The molecule has 0 saturated carbocycles. The molecule has 0 saturated heterocycles. The van der Waals surface area contributed by atoms with E-state index >= 15 is 0 Å². The van der Waals surface area contributed by atoms with Crippen molar-refractivity contribution in [2.24, 2.45) is 4.99 Å². The molecule has 0 heterocycles. The van der Waals surface area contributed by atoms with Crippen molar-refractivity contribution in [3.05, 3.63) is 35.9 Å². The summed E-state index contributed by atoms with van der Waals surface area (Å²) in [6, 6.07) is 9.93. The number of carbonyl (C=O) groups excluding carboxylic acids is 1. The fourth-order valence-electron chi connectivity index (χ4n) is 2.19. The van der Waals surface area contributed by atoms with Gasteiger partial charge in [-0.3, -0.25) is 4.99 Å². The van der Waals surface area contributed by atoms with E-state index in [1.807, 2.05) is 56.3 Å². The molecule has 4 nitrogen and oxygen atoms in total. The molecule has 0 spiro atoms. The fourth-order valence-corrected chi connectivity index (χ4v) is 2.19. The molecule has 0 radical (unpaired) electrons. The van der Waals surface area contributed by atoms with Crippen LogP contribution in [0.4, 0.5) is 0 Å². The second-order valence-electron chi connectivity index (χ2n) is 5.14. The summed E-state index contributed by atoms with van der Waals surface area (Å²) in [4.78, 5) is 18.7. The molecule has 4 heteroatoms. The topological polar surface area (TPSA) is 41.9 Å². The van der Waals surface area contributed by atoms with E-state index in [1.54, 1.807) is 6.34 Å². The zero-order chi connectivity index (χ0) is 15.0. The Morgan fingerprint density at radius 2 is 2.00 bits per heavy atom. The molecule has 0 aliphatic carbocycles. The molecule has 110 valence electrons. The van der Waals surface area contributed by atoms with E-state index in [1.165, 1.54) is 7.11 Å². The predicted octanol–water partition coefficient (Wildman–Crippen LogP) is 2.53. The first-order valence-corrected chi connectivity index (χ1v) is 6.88. The second-order valence-corrected chi connectivity index (χ2v) is 5.14. The van der Waals surface area contributed by atoms with Gasteiger partial charge in [0, 0.05) is 20.5 Å². The maximum absolute atomic E-state index is 12.3. The van der Waals surface area contributed by atoms with Gasteiger partial charge in [-0.15, -0.1) is 0 Å². The Labute approximate surface area is 121 Å². The summed E-state index contributed by atoms with van der Waals surface area (Å²) >= 11 is 0. The van der Waals surface area contributed by atoms with Crippen molar-refractivity contribution in [1.82, 2.24) is 4.90 Å². The van der Waals surface area contributed by atoms with Crippen LogP contribution in [0.1, 0.15) is 25.3 Å². The smallest absolute Gasteiger partial charge is 0.334 e. The van der Waals surface area contributed by atoms with E-state index in [-0.39, 0.29) is 5.97 Å². The summed E-state index contributed by atoms with van der Waals surface area (Å²) in [6.45, 7) is 2.05. The standard InChI is InChI=1S/C16H24N2O2/c1-5-11-16(15(19)20-4,17-13-18(2)3)12-14-9-7-6-8-10-14/h6-10,13H,5,11-12H2,1-4H3. The maximum Gasteiger partial charge on any atom is 0.334 e. The van der Waals surface area contributed by atoms with Gasteiger partial charge in [0.15, 0.2) is 5.54 Å². The number of hydrogen-bond acceptors (Lipinski definition) is 3. The van der Waals surface area contributed by atoms with Crippen molar-refractivity contribution in [3.8, 4) is 0 Å². The van der Waals surface area contributed by atoms with Crippen molar-refractivity contribution < 1.29 is 9.53 Å². The average molecular weight is 276 g/mol. The van der Waals surface area contributed by atoms with Gasteiger partial charge in [-0.05, 0) is 12.0 Å². The lowest BCUT2D eigenvalue weighted by atomic mass is 9.87. The van der Waals surface area contributed by atoms with E-state index in [4.69, 9.17) is 4.74 Å². The Balaban J connectivity index is 3.11. The molecule has 1 aromatic rings. The summed E-state index contributed by atoms with van der Waals surface area (Å²) in [5.41, 5.74) is 0.247. The monoisotopic (exact) mass is 276 g/mol. The first-order valence-electron chi connectivity index (χ1n) is 6.88. The summed E-state index contributed by atoms with van der Waals surface area (Å²) < 4.78 is 5.00. The molecular formula is C16H24N2O2.